The Kier molecular flexibility index (Phi) is 9.11. The molecule has 204 valence electrons. The molecule has 0 aliphatic carbocycles. The first-order valence-electron chi connectivity index (χ1n) is 11.5. The van der Waals surface area contributed by atoms with Crippen molar-refractivity contribution in [1.29, 1.82) is 0 Å². The van der Waals surface area contributed by atoms with Crippen molar-refractivity contribution in [2.45, 2.75) is 37.5 Å². The fraction of sp³-hybridized carbons (Fsp3) is 0.565. The summed E-state index contributed by atoms with van der Waals surface area (Å²) in [6.07, 6.45) is -1.29. The monoisotopic (exact) mass is 561 g/mol. The lowest BCUT2D eigenvalue weighted by Crippen LogP contribution is -2.64. The third-order valence-electron chi connectivity index (χ3n) is 5.68. The Bertz CT molecular complexity index is 1040. The van der Waals surface area contributed by atoms with E-state index in [9.17, 15) is 24.3 Å². The predicted octanol–water partition coefficient (Wildman–Crippen LogP) is 1.85. The number of aliphatic hydroxyl groups is 1. The number of ether oxygens (including phenoxy) is 3. The number of amides is 2. The summed E-state index contributed by atoms with van der Waals surface area (Å²) < 4.78 is 16.4. The van der Waals surface area contributed by atoms with Crippen molar-refractivity contribution in [3.05, 3.63) is 28.2 Å². The number of carbonyl (C=O) groups is 4. The van der Waals surface area contributed by atoms with Gasteiger partial charge in [0.2, 0.25) is 5.72 Å². The van der Waals surface area contributed by atoms with Gasteiger partial charge in [0.05, 0.1) is 25.9 Å². The standard InChI is InChI=1S/C23H29Cl2N3O9/c1-22-14-35-18(29)12-23(33,20(31)36-22)13-19(30)37-28(6-4-5-26(2)3)21(32)27(22)7-8-34-17-10-15(24)9-16(25)11-17/h9-11,33H,4-8,12-14H2,1-3H3. The Morgan fingerprint density at radius 2 is 1.70 bits per heavy atom. The fourth-order valence-electron chi connectivity index (χ4n) is 3.81. The average Bonchev–Trinajstić information content (AvgIpc) is 2.77. The maximum Gasteiger partial charge on any atom is 0.356 e. The van der Waals surface area contributed by atoms with Crippen LogP contribution in [0.3, 0.4) is 0 Å². The molecule has 0 radical (unpaired) electrons. The van der Waals surface area contributed by atoms with E-state index in [1.54, 1.807) is 0 Å². The summed E-state index contributed by atoms with van der Waals surface area (Å²) in [5.74, 6) is -2.98. The van der Waals surface area contributed by atoms with E-state index < -0.39 is 54.7 Å². The van der Waals surface area contributed by atoms with Gasteiger partial charge in [0.1, 0.15) is 12.4 Å². The molecule has 3 rings (SSSR count). The molecule has 2 aliphatic heterocycles. The van der Waals surface area contributed by atoms with Crippen molar-refractivity contribution in [2.24, 2.45) is 0 Å². The molecule has 2 amide bonds. The minimum atomic E-state index is -2.54. The number of benzene rings is 1. The van der Waals surface area contributed by atoms with Gasteiger partial charge in [0.25, 0.3) is 0 Å². The minimum absolute atomic E-state index is 0.00620. The van der Waals surface area contributed by atoms with E-state index in [-0.39, 0.29) is 19.7 Å². The van der Waals surface area contributed by atoms with Gasteiger partial charge in [-0.3, -0.25) is 9.69 Å². The van der Waals surface area contributed by atoms with Gasteiger partial charge in [-0.15, -0.1) is 0 Å². The molecule has 12 nitrogen and oxygen atoms in total. The van der Waals surface area contributed by atoms with E-state index in [1.807, 2.05) is 19.0 Å². The average molecular weight is 562 g/mol. The van der Waals surface area contributed by atoms with Gasteiger partial charge < -0.3 is 29.1 Å². The molecule has 14 heteroatoms. The second kappa shape index (κ2) is 11.7. The molecule has 1 N–H and O–H groups in total. The molecular formula is C23H29Cl2N3O9. The van der Waals surface area contributed by atoms with Crippen LogP contribution >= 0.6 is 23.2 Å². The van der Waals surface area contributed by atoms with Crippen LogP contribution in [-0.4, -0.2) is 102 Å². The van der Waals surface area contributed by atoms with Crippen molar-refractivity contribution in [2.75, 3.05) is 46.9 Å². The topological polar surface area (TPSA) is 135 Å². The van der Waals surface area contributed by atoms with Crippen molar-refractivity contribution in [3.63, 3.8) is 0 Å². The zero-order valence-electron chi connectivity index (χ0n) is 20.7. The van der Waals surface area contributed by atoms with E-state index in [0.717, 1.165) is 9.96 Å². The molecule has 2 atom stereocenters. The summed E-state index contributed by atoms with van der Waals surface area (Å²) in [5, 5.41) is 12.4. The molecule has 2 fully saturated rings. The SMILES string of the molecule is CN(C)CCCN1OC(=O)CC2(O)CC(=O)OCC(C)(OC2=O)N(CCOc2cc(Cl)cc(Cl)c2)C1=O. The number of hydrogen-bond acceptors (Lipinski definition) is 10. The Morgan fingerprint density at radius 1 is 1.05 bits per heavy atom. The third-order valence-corrected chi connectivity index (χ3v) is 6.12. The minimum Gasteiger partial charge on any atom is -0.492 e. The molecule has 2 heterocycles. The maximum absolute atomic E-state index is 13.7. The zero-order chi connectivity index (χ0) is 27.4. The van der Waals surface area contributed by atoms with Crippen LogP contribution in [0.1, 0.15) is 26.2 Å². The lowest BCUT2D eigenvalue weighted by Gasteiger charge is -2.44. The number of rotatable bonds is 8. The number of halogens is 2. The summed E-state index contributed by atoms with van der Waals surface area (Å²) in [4.78, 5) is 59.7. The Morgan fingerprint density at radius 3 is 2.35 bits per heavy atom. The van der Waals surface area contributed by atoms with Crippen molar-refractivity contribution in [1.82, 2.24) is 14.9 Å². The van der Waals surface area contributed by atoms with Crippen LogP contribution in [0.5, 0.6) is 5.75 Å². The van der Waals surface area contributed by atoms with E-state index in [2.05, 4.69) is 0 Å². The number of esters is 2. The van der Waals surface area contributed by atoms with Crippen LogP contribution in [0.15, 0.2) is 18.2 Å². The molecule has 2 saturated heterocycles. The number of carbonyl (C=O) groups excluding carboxylic acids is 4. The first-order chi connectivity index (χ1) is 17.3. The number of cyclic esters (lactones) is 1. The molecule has 0 spiro atoms. The smallest absolute Gasteiger partial charge is 0.356 e. The second-order valence-corrected chi connectivity index (χ2v) is 10.1. The molecule has 37 heavy (non-hydrogen) atoms. The van der Waals surface area contributed by atoms with E-state index in [0.29, 0.717) is 28.8 Å². The lowest BCUT2D eigenvalue weighted by molar-refractivity contribution is -0.232. The molecule has 0 saturated carbocycles. The Balaban J connectivity index is 1.94. The molecule has 1 aromatic rings. The van der Waals surface area contributed by atoms with Crippen LogP contribution in [-0.2, 0) is 28.7 Å². The highest BCUT2D eigenvalue weighted by atomic mass is 35.5. The molecule has 2 unspecified atom stereocenters. The summed E-state index contributed by atoms with van der Waals surface area (Å²) in [6, 6.07) is 3.73. The molecule has 2 bridgehead atoms. The van der Waals surface area contributed by atoms with Crippen LogP contribution in [0.25, 0.3) is 0 Å². The number of hydrogen-bond donors (Lipinski definition) is 1. The highest BCUT2D eigenvalue weighted by molar-refractivity contribution is 6.34. The second-order valence-electron chi connectivity index (χ2n) is 9.22. The third kappa shape index (κ3) is 7.37. The van der Waals surface area contributed by atoms with Crippen LogP contribution in [0, 0.1) is 0 Å². The summed E-state index contributed by atoms with van der Waals surface area (Å²) in [7, 11) is 3.69. The van der Waals surface area contributed by atoms with Crippen molar-refractivity contribution >= 4 is 47.1 Å². The van der Waals surface area contributed by atoms with Crippen LogP contribution < -0.4 is 4.74 Å². The quantitative estimate of drug-likeness (QED) is 0.468. The largest absolute Gasteiger partial charge is 0.492 e. The summed E-state index contributed by atoms with van der Waals surface area (Å²) >= 11 is 12.0. The number of hydroxylamine groups is 2. The number of urea groups is 1. The lowest BCUT2D eigenvalue weighted by atomic mass is 9.95. The number of nitrogens with zero attached hydrogens (tertiary/aromatic N) is 3. The molecular weight excluding hydrogens is 533 g/mol. The summed E-state index contributed by atoms with van der Waals surface area (Å²) in [5.41, 5.74) is -4.40. The van der Waals surface area contributed by atoms with Crippen molar-refractivity contribution in [3.8, 4) is 5.75 Å². The molecule has 2 aliphatic rings. The fourth-order valence-corrected chi connectivity index (χ4v) is 4.31. The Labute approximate surface area is 223 Å². The van der Waals surface area contributed by atoms with E-state index in [1.165, 1.54) is 25.1 Å². The highest BCUT2D eigenvalue weighted by Crippen LogP contribution is 2.31. The van der Waals surface area contributed by atoms with Gasteiger partial charge in [0.15, 0.2) is 12.2 Å². The van der Waals surface area contributed by atoms with E-state index in [4.69, 9.17) is 42.3 Å². The van der Waals surface area contributed by atoms with Gasteiger partial charge in [-0.2, -0.15) is 5.06 Å². The van der Waals surface area contributed by atoms with Crippen molar-refractivity contribution < 1.29 is 43.3 Å². The zero-order valence-corrected chi connectivity index (χ0v) is 22.2. The van der Waals surface area contributed by atoms with Gasteiger partial charge in [-0.1, -0.05) is 23.2 Å². The first-order valence-corrected chi connectivity index (χ1v) is 12.2. The van der Waals surface area contributed by atoms with E-state index >= 15 is 0 Å². The maximum atomic E-state index is 13.7. The molecule has 1 aromatic carbocycles. The van der Waals surface area contributed by atoms with Gasteiger partial charge in [0, 0.05) is 10.0 Å². The summed E-state index contributed by atoms with van der Waals surface area (Å²) in [6.45, 7) is 1.07. The normalized spacial score (nSPS) is 24.8. The highest BCUT2D eigenvalue weighted by Gasteiger charge is 2.53. The van der Waals surface area contributed by atoms with Crippen LogP contribution in [0.2, 0.25) is 10.0 Å². The first kappa shape index (κ1) is 28.8. The van der Waals surface area contributed by atoms with Gasteiger partial charge in [-0.05, 0) is 52.2 Å². The Hall–Kier alpha value is -2.80. The predicted molar refractivity (Wildman–Crippen MR) is 130 cm³/mol. The van der Waals surface area contributed by atoms with Gasteiger partial charge in [-0.25, -0.2) is 14.4 Å². The molecule has 0 aromatic heterocycles. The number of fused-ring (bicyclic) bond motifs is 3. The van der Waals surface area contributed by atoms with Crippen LogP contribution in [0.4, 0.5) is 4.79 Å². The van der Waals surface area contributed by atoms with Gasteiger partial charge >= 0.3 is 23.9 Å².